The van der Waals surface area contributed by atoms with Crippen LogP contribution >= 0.6 is 11.8 Å². The van der Waals surface area contributed by atoms with Crippen molar-refractivity contribution in [3.63, 3.8) is 0 Å². The van der Waals surface area contributed by atoms with Crippen molar-refractivity contribution in [2.45, 2.75) is 30.4 Å². The van der Waals surface area contributed by atoms with Gasteiger partial charge in [-0.25, -0.2) is 0 Å². The summed E-state index contributed by atoms with van der Waals surface area (Å²) in [6.45, 7) is 5.54. The fourth-order valence-electron chi connectivity index (χ4n) is 1.90. The zero-order chi connectivity index (χ0) is 13.0. The van der Waals surface area contributed by atoms with Crippen LogP contribution in [-0.2, 0) is 9.53 Å². The Bertz CT molecular complexity index is 414. The van der Waals surface area contributed by atoms with Gasteiger partial charge in [-0.3, -0.25) is 4.79 Å². The lowest BCUT2D eigenvalue weighted by Crippen LogP contribution is -2.23. The van der Waals surface area contributed by atoms with E-state index in [0.29, 0.717) is 18.5 Å². The molecule has 1 heterocycles. The summed E-state index contributed by atoms with van der Waals surface area (Å²) < 4.78 is 5.24. The lowest BCUT2D eigenvalue weighted by atomic mass is 10.1. The normalized spacial score (nSPS) is 19.2. The van der Waals surface area contributed by atoms with Crippen LogP contribution in [0.25, 0.3) is 0 Å². The summed E-state index contributed by atoms with van der Waals surface area (Å²) in [5.41, 5.74) is 0.910. The highest BCUT2D eigenvalue weighted by atomic mass is 32.2. The molecule has 1 N–H and O–H groups in total. The Hall–Kier alpha value is -1.00. The molecule has 0 aromatic heterocycles. The van der Waals surface area contributed by atoms with Gasteiger partial charge < -0.3 is 10.1 Å². The van der Waals surface area contributed by atoms with Gasteiger partial charge >= 0.3 is 0 Å². The summed E-state index contributed by atoms with van der Waals surface area (Å²) in [7, 11) is 0. The molecule has 1 atom stereocenters. The first kappa shape index (κ1) is 13.4. The number of benzene rings is 1. The van der Waals surface area contributed by atoms with Gasteiger partial charge in [-0.15, -0.1) is 11.8 Å². The van der Waals surface area contributed by atoms with Crippen LogP contribution < -0.4 is 5.32 Å². The van der Waals surface area contributed by atoms with Crippen LogP contribution in [0.5, 0.6) is 0 Å². The molecule has 98 valence electrons. The van der Waals surface area contributed by atoms with Crippen molar-refractivity contribution >= 4 is 23.4 Å². The van der Waals surface area contributed by atoms with E-state index in [1.807, 2.05) is 24.3 Å². The van der Waals surface area contributed by atoms with E-state index in [0.717, 1.165) is 17.0 Å². The average molecular weight is 265 g/mol. The maximum atomic E-state index is 12.1. The third kappa shape index (κ3) is 3.50. The van der Waals surface area contributed by atoms with Gasteiger partial charge in [0.25, 0.3) is 0 Å². The molecule has 1 aliphatic rings. The van der Waals surface area contributed by atoms with Crippen molar-refractivity contribution in [3.05, 3.63) is 24.3 Å². The Balaban J connectivity index is 2.05. The molecule has 4 heteroatoms. The summed E-state index contributed by atoms with van der Waals surface area (Å²) in [5, 5.41) is 3.52. The Morgan fingerprint density at radius 1 is 1.44 bits per heavy atom. The first-order valence-electron chi connectivity index (χ1n) is 6.31. The van der Waals surface area contributed by atoms with E-state index in [1.165, 1.54) is 0 Å². The van der Waals surface area contributed by atoms with E-state index in [1.54, 1.807) is 11.8 Å². The van der Waals surface area contributed by atoms with Gasteiger partial charge in [-0.1, -0.05) is 26.0 Å². The van der Waals surface area contributed by atoms with Crippen LogP contribution in [0.4, 0.5) is 5.69 Å². The third-order valence-corrected chi connectivity index (χ3v) is 3.89. The Labute approximate surface area is 112 Å². The number of carbonyl (C=O) groups is 1. The fraction of sp³-hybridized carbons (Fsp3) is 0.500. The number of amides is 1. The second-order valence-electron chi connectivity index (χ2n) is 4.71. The molecule has 1 fully saturated rings. The first-order chi connectivity index (χ1) is 8.66. The lowest BCUT2D eigenvalue weighted by molar-refractivity contribution is -0.119. The molecule has 3 nitrogen and oxygen atoms in total. The number of hydrogen-bond acceptors (Lipinski definition) is 3. The van der Waals surface area contributed by atoms with Crippen LogP contribution in [0, 0.1) is 5.92 Å². The lowest BCUT2D eigenvalue weighted by Gasteiger charge is -2.14. The smallest absolute Gasteiger partial charge is 0.229 e. The van der Waals surface area contributed by atoms with Crippen molar-refractivity contribution < 1.29 is 9.53 Å². The molecule has 0 spiro atoms. The molecule has 18 heavy (non-hydrogen) atoms. The zero-order valence-electron chi connectivity index (χ0n) is 10.8. The van der Waals surface area contributed by atoms with Crippen molar-refractivity contribution in [3.8, 4) is 0 Å². The molecule has 0 aliphatic carbocycles. The van der Waals surface area contributed by atoms with Crippen molar-refractivity contribution in [1.29, 1.82) is 0 Å². The molecule has 0 radical (unpaired) electrons. The van der Waals surface area contributed by atoms with Gasteiger partial charge in [0, 0.05) is 16.8 Å². The largest absolute Gasteiger partial charge is 0.381 e. The van der Waals surface area contributed by atoms with Gasteiger partial charge in [-0.05, 0) is 18.6 Å². The molecule has 0 bridgehead atoms. The Kier molecular flexibility index (Phi) is 4.66. The van der Waals surface area contributed by atoms with Crippen LogP contribution in [0.2, 0.25) is 0 Å². The topological polar surface area (TPSA) is 38.3 Å². The molecule has 1 amide bonds. The van der Waals surface area contributed by atoms with Crippen LogP contribution in [0.3, 0.4) is 0 Å². The van der Waals surface area contributed by atoms with Gasteiger partial charge in [0.15, 0.2) is 0 Å². The third-order valence-electron chi connectivity index (χ3n) is 2.81. The molecule has 1 aromatic rings. The van der Waals surface area contributed by atoms with E-state index in [-0.39, 0.29) is 11.8 Å². The fourth-order valence-corrected chi connectivity index (χ4v) is 2.81. The highest BCUT2D eigenvalue weighted by molar-refractivity contribution is 8.00. The molecule has 1 aromatic carbocycles. The molecule has 2 rings (SSSR count). The monoisotopic (exact) mass is 265 g/mol. The number of para-hydroxylation sites is 1. The number of hydrogen-bond donors (Lipinski definition) is 1. The minimum atomic E-state index is 0.00195. The minimum Gasteiger partial charge on any atom is -0.381 e. The summed E-state index contributed by atoms with van der Waals surface area (Å²) in [4.78, 5) is 13.2. The van der Waals surface area contributed by atoms with Crippen LogP contribution in [0.1, 0.15) is 20.3 Å². The molecule has 1 saturated heterocycles. The Morgan fingerprint density at radius 3 is 2.89 bits per heavy atom. The van der Waals surface area contributed by atoms with E-state index >= 15 is 0 Å². The molecular formula is C14H19NO2S. The van der Waals surface area contributed by atoms with E-state index in [2.05, 4.69) is 19.2 Å². The minimum absolute atomic E-state index is 0.00195. The zero-order valence-corrected chi connectivity index (χ0v) is 11.6. The predicted molar refractivity (Wildman–Crippen MR) is 75.0 cm³/mol. The van der Waals surface area contributed by atoms with Gasteiger partial charge in [0.1, 0.15) is 0 Å². The van der Waals surface area contributed by atoms with Crippen molar-refractivity contribution in [1.82, 2.24) is 0 Å². The summed E-state index contributed by atoms with van der Waals surface area (Å²) in [6.07, 6.45) is 0.825. The van der Waals surface area contributed by atoms with Crippen LogP contribution in [-0.4, -0.2) is 24.4 Å². The van der Waals surface area contributed by atoms with E-state index in [9.17, 15) is 4.79 Å². The maximum absolute atomic E-state index is 12.1. The average Bonchev–Trinajstić information content (AvgIpc) is 2.84. The summed E-state index contributed by atoms with van der Waals surface area (Å²) in [5.74, 6) is 0.0754. The number of ether oxygens (including phenoxy) is 1. The van der Waals surface area contributed by atoms with Crippen molar-refractivity contribution in [2.24, 2.45) is 5.92 Å². The van der Waals surface area contributed by atoms with Gasteiger partial charge in [0.05, 0.1) is 18.2 Å². The highest BCUT2D eigenvalue weighted by Gasteiger charge is 2.24. The standard InChI is InChI=1S/C14H19NO2S/c1-10(2)18-13-6-4-3-5-12(13)15-14(16)11-7-8-17-9-11/h3-6,10-11H,7-9H2,1-2H3,(H,15,16)/t11-/m1/s1. The molecule has 0 saturated carbocycles. The highest BCUT2D eigenvalue weighted by Crippen LogP contribution is 2.30. The maximum Gasteiger partial charge on any atom is 0.229 e. The Morgan fingerprint density at radius 2 is 2.22 bits per heavy atom. The predicted octanol–water partition coefficient (Wildman–Crippen LogP) is 3.16. The van der Waals surface area contributed by atoms with Gasteiger partial charge in [0.2, 0.25) is 5.91 Å². The summed E-state index contributed by atoms with van der Waals surface area (Å²) in [6, 6.07) is 7.95. The molecule has 0 unspecified atom stereocenters. The number of thioether (sulfide) groups is 1. The van der Waals surface area contributed by atoms with Gasteiger partial charge in [-0.2, -0.15) is 0 Å². The van der Waals surface area contributed by atoms with Crippen molar-refractivity contribution in [2.75, 3.05) is 18.5 Å². The second-order valence-corrected chi connectivity index (χ2v) is 6.33. The number of anilines is 1. The quantitative estimate of drug-likeness (QED) is 0.850. The van der Waals surface area contributed by atoms with E-state index < -0.39 is 0 Å². The molecule has 1 aliphatic heterocycles. The second kappa shape index (κ2) is 6.25. The van der Waals surface area contributed by atoms with Crippen LogP contribution in [0.15, 0.2) is 29.2 Å². The number of rotatable bonds is 4. The number of nitrogens with one attached hydrogen (secondary N) is 1. The number of carbonyl (C=O) groups excluding carboxylic acids is 1. The van der Waals surface area contributed by atoms with E-state index in [4.69, 9.17) is 4.74 Å². The summed E-state index contributed by atoms with van der Waals surface area (Å²) >= 11 is 1.76. The molecular weight excluding hydrogens is 246 g/mol. The SMILES string of the molecule is CC(C)Sc1ccccc1NC(=O)[C@@H]1CCOC1. The first-order valence-corrected chi connectivity index (χ1v) is 7.19.